The topological polar surface area (TPSA) is 189 Å². The summed E-state index contributed by atoms with van der Waals surface area (Å²) >= 11 is 5.67. The lowest BCUT2D eigenvalue weighted by atomic mass is 10.1. The summed E-state index contributed by atoms with van der Waals surface area (Å²) in [5, 5.41) is 13.2. The molecule has 23 heteroatoms. The van der Waals surface area contributed by atoms with Crippen molar-refractivity contribution in [2.24, 2.45) is 0 Å². The molecule has 0 radical (unpaired) electrons. The molecule has 6 aromatic rings. The van der Waals surface area contributed by atoms with Crippen LogP contribution in [0.4, 0.5) is 77.7 Å². The number of carbonyl (C=O) groups excluding carboxylic acids is 2. The number of benzene rings is 4. The minimum absolute atomic E-state index is 0. The van der Waals surface area contributed by atoms with Crippen LogP contribution in [-0.2, 0) is 21.8 Å². The number of ether oxygens (including phenoxy) is 4. The van der Waals surface area contributed by atoms with E-state index in [1.165, 1.54) is 51.5 Å². The third-order valence-electron chi connectivity index (χ3n) is 11.1. The molecule has 2 amide bonds. The number of para-hydroxylation sites is 2. The van der Waals surface area contributed by atoms with Crippen LogP contribution in [0.15, 0.2) is 109 Å². The standard InChI is InChI=1S/C25H26F3N5O3.C14H11ClF3N3O.C11H16N2O2.CH4/c1-29-24(34)17-5-3-4-6-19(17)31-21-14-23(30-15-18(21)25(26,27)28)32-20-8-7-16(13-22(20)35-2)33-9-11-36-12-10-33;1-19-13(22)8-4-2-3-5-10(8)21-11-6-12(15)20-7-9(11)14(16,17)18;1-14-11-8-9(2-3-10(11)12)13-4-6-15-7-5-13;/h3-8,13-15H,9-12H2,1-2H3,(H,29,34)(H2,30,31,32);2-7H,1H3,(H,19,22)(H,20,21);2-3,8H,4-7,12H2,1H3;1H4. The van der Waals surface area contributed by atoms with E-state index in [9.17, 15) is 35.9 Å². The van der Waals surface area contributed by atoms with Gasteiger partial charge in [-0.3, -0.25) is 9.59 Å². The van der Waals surface area contributed by atoms with Crippen LogP contribution in [0.25, 0.3) is 0 Å². The molecule has 74 heavy (non-hydrogen) atoms. The molecule has 16 nitrogen and oxygen atoms in total. The van der Waals surface area contributed by atoms with Crippen molar-refractivity contribution in [1.29, 1.82) is 0 Å². The summed E-state index contributed by atoms with van der Waals surface area (Å²) in [6.07, 6.45) is -7.86. The smallest absolute Gasteiger partial charge is 0.419 e. The van der Waals surface area contributed by atoms with Crippen molar-refractivity contribution in [3.63, 3.8) is 0 Å². The number of halogens is 7. The quantitative estimate of drug-likeness (QED) is 0.0386. The highest BCUT2D eigenvalue weighted by Crippen LogP contribution is 2.40. The Bertz CT molecular complexity index is 2830. The summed E-state index contributed by atoms with van der Waals surface area (Å²) in [6, 6.07) is 26.3. The number of nitrogens with one attached hydrogen (secondary N) is 5. The largest absolute Gasteiger partial charge is 0.495 e. The van der Waals surface area contributed by atoms with Gasteiger partial charge < -0.3 is 61.1 Å². The van der Waals surface area contributed by atoms with Crippen LogP contribution in [-0.4, -0.2) is 103 Å². The van der Waals surface area contributed by atoms with Gasteiger partial charge in [-0.2, -0.15) is 26.3 Å². The van der Waals surface area contributed by atoms with Gasteiger partial charge in [-0.1, -0.05) is 43.3 Å². The number of pyridine rings is 2. The number of carbonyl (C=O) groups is 2. The Hall–Kier alpha value is -7.69. The monoisotopic (exact) mass is 1050 g/mol. The minimum atomic E-state index is -4.66. The lowest BCUT2D eigenvalue weighted by Crippen LogP contribution is -2.36. The SMILES string of the molecule is C.CNC(=O)c1ccccc1Nc1cc(Cl)ncc1C(F)(F)F.CNC(=O)c1ccccc1Nc1cc(Nc2ccc(N3CCOCC3)cc2OC)ncc1C(F)(F)F.COc1cc(N2CCOCC2)ccc1N. The number of rotatable bonds is 12. The lowest BCUT2D eigenvalue weighted by molar-refractivity contribution is -0.138. The first-order chi connectivity index (χ1) is 34.9. The molecule has 8 rings (SSSR count). The van der Waals surface area contributed by atoms with E-state index in [2.05, 4.69) is 46.4 Å². The van der Waals surface area contributed by atoms with E-state index in [0.29, 0.717) is 36.5 Å². The number of methoxy groups -OCH3 is 2. The maximum absolute atomic E-state index is 13.8. The Labute approximate surface area is 429 Å². The second-order valence-electron chi connectivity index (χ2n) is 15.8. The van der Waals surface area contributed by atoms with Gasteiger partial charge in [-0.15, -0.1) is 0 Å². The van der Waals surface area contributed by atoms with Crippen LogP contribution in [0.3, 0.4) is 0 Å². The first kappa shape index (κ1) is 57.2. The molecule has 4 heterocycles. The second-order valence-corrected chi connectivity index (χ2v) is 16.2. The van der Waals surface area contributed by atoms with Gasteiger partial charge in [-0.05, 0) is 54.6 Å². The molecule has 2 fully saturated rings. The first-order valence-electron chi connectivity index (χ1n) is 22.4. The Morgan fingerprint density at radius 3 is 1.51 bits per heavy atom. The molecular formula is C51H57ClF6N10O6. The highest BCUT2D eigenvalue weighted by Gasteiger charge is 2.36. The number of nitrogens with two attached hydrogens (primary N) is 1. The van der Waals surface area contributed by atoms with Crippen molar-refractivity contribution in [3.05, 3.63) is 137 Å². The van der Waals surface area contributed by atoms with E-state index in [0.717, 1.165) is 68.8 Å². The van der Waals surface area contributed by atoms with Crippen molar-refractivity contribution in [2.45, 2.75) is 19.8 Å². The molecule has 396 valence electrons. The molecule has 2 aliphatic rings. The van der Waals surface area contributed by atoms with E-state index < -0.39 is 35.3 Å². The maximum Gasteiger partial charge on any atom is 0.419 e. The number of alkyl halides is 6. The summed E-state index contributed by atoms with van der Waals surface area (Å²) in [7, 11) is 6.04. The molecule has 0 spiro atoms. The second kappa shape index (κ2) is 26.3. The average Bonchev–Trinajstić information content (AvgIpc) is 3.39. The maximum atomic E-state index is 13.8. The average molecular weight is 1060 g/mol. The van der Waals surface area contributed by atoms with Crippen molar-refractivity contribution < 1.29 is 54.9 Å². The summed E-state index contributed by atoms with van der Waals surface area (Å²) in [6.45, 7) is 6.19. The van der Waals surface area contributed by atoms with Crippen LogP contribution in [0.2, 0.25) is 5.15 Å². The van der Waals surface area contributed by atoms with E-state index in [4.69, 9.17) is 36.3 Å². The lowest BCUT2D eigenvalue weighted by Gasteiger charge is -2.29. The van der Waals surface area contributed by atoms with Gasteiger partial charge in [0.25, 0.3) is 11.8 Å². The van der Waals surface area contributed by atoms with Gasteiger partial charge >= 0.3 is 12.4 Å². The molecule has 4 aromatic carbocycles. The van der Waals surface area contributed by atoms with Gasteiger partial charge in [-0.25, -0.2) is 9.97 Å². The van der Waals surface area contributed by atoms with Gasteiger partial charge in [0.05, 0.1) is 97.0 Å². The predicted octanol–water partition coefficient (Wildman–Crippen LogP) is 10.4. The van der Waals surface area contributed by atoms with E-state index in [-0.39, 0.29) is 52.3 Å². The van der Waals surface area contributed by atoms with E-state index in [1.807, 2.05) is 30.3 Å². The van der Waals surface area contributed by atoms with Gasteiger partial charge in [0.1, 0.15) is 22.5 Å². The third kappa shape index (κ3) is 15.2. The zero-order chi connectivity index (χ0) is 52.7. The fourth-order valence-corrected chi connectivity index (χ4v) is 7.57. The summed E-state index contributed by atoms with van der Waals surface area (Å²) in [5.41, 5.74) is 7.50. The molecule has 2 saturated heterocycles. The predicted molar refractivity (Wildman–Crippen MR) is 276 cm³/mol. The van der Waals surface area contributed by atoms with E-state index >= 15 is 0 Å². The molecule has 2 aliphatic heterocycles. The molecule has 7 N–H and O–H groups in total. The number of anilines is 9. The first-order valence-corrected chi connectivity index (χ1v) is 22.8. The van der Waals surface area contributed by atoms with Gasteiger partial charge in [0.15, 0.2) is 0 Å². The van der Waals surface area contributed by atoms with Crippen molar-refractivity contribution >= 4 is 74.7 Å². The fraction of sp³-hybridized carbons (Fsp3) is 0.294. The summed E-state index contributed by atoms with van der Waals surface area (Å²) in [4.78, 5) is 35.8. The molecular weight excluding hydrogens is 998 g/mol. The fourth-order valence-electron chi connectivity index (χ4n) is 7.41. The molecule has 0 atom stereocenters. The number of nitrogen functional groups attached to an aromatic ring is 1. The van der Waals surface area contributed by atoms with Crippen molar-refractivity contribution in [3.8, 4) is 11.5 Å². The number of hydrogen-bond acceptors (Lipinski definition) is 14. The third-order valence-corrected chi connectivity index (χ3v) is 11.3. The zero-order valence-electron chi connectivity index (χ0n) is 40.0. The number of nitrogens with zero attached hydrogens (tertiary/aromatic N) is 4. The summed E-state index contributed by atoms with van der Waals surface area (Å²) < 4.78 is 102. The molecule has 0 aliphatic carbocycles. The zero-order valence-corrected chi connectivity index (χ0v) is 40.8. The van der Waals surface area contributed by atoms with Crippen LogP contribution in [0, 0.1) is 0 Å². The number of aromatic nitrogens is 2. The minimum Gasteiger partial charge on any atom is -0.495 e. The number of morpholine rings is 2. The van der Waals surface area contributed by atoms with Crippen LogP contribution >= 0.6 is 11.6 Å². The highest BCUT2D eigenvalue weighted by atomic mass is 35.5. The van der Waals surface area contributed by atoms with Crippen LogP contribution in [0.1, 0.15) is 39.3 Å². The van der Waals surface area contributed by atoms with Crippen LogP contribution < -0.4 is 51.6 Å². The molecule has 0 unspecified atom stereocenters. The number of amides is 2. The Kier molecular flexibility index (Phi) is 20.3. The van der Waals surface area contributed by atoms with Gasteiger partial charge in [0, 0.05) is 82.2 Å². The van der Waals surface area contributed by atoms with Crippen molar-refractivity contribution in [1.82, 2.24) is 20.6 Å². The number of hydrogen-bond donors (Lipinski definition) is 6. The van der Waals surface area contributed by atoms with Crippen molar-refractivity contribution in [2.75, 3.05) is 112 Å². The molecule has 0 saturated carbocycles. The van der Waals surface area contributed by atoms with E-state index in [1.54, 1.807) is 37.4 Å². The van der Waals surface area contributed by atoms with Gasteiger partial charge in [0.2, 0.25) is 0 Å². The molecule has 2 aromatic heterocycles. The molecule has 0 bridgehead atoms. The Balaban J connectivity index is 0.000000226. The Morgan fingerprint density at radius 1 is 0.595 bits per heavy atom. The summed E-state index contributed by atoms with van der Waals surface area (Å²) in [5.74, 6) is 0.570. The normalized spacial score (nSPS) is 13.3. The van der Waals surface area contributed by atoms with Crippen LogP contribution in [0.5, 0.6) is 11.5 Å². The Morgan fingerprint density at radius 2 is 1.04 bits per heavy atom. The highest BCUT2D eigenvalue weighted by molar-refractivity contribution is 6.29.